The van der Waals surface area contributed by atoms with Crippen molar-refractivity contribution in [1.29, 1.82) is 0 Å². The third kappa shape index (κ3) is 4.93. The zero-order valence-corrected chi connectivity index (χ0v) is 19.2. The third-order valence-corrected chi connectivity index (χ3v) is 6.26. The Morgan fingerprint density at radius 3 is 2.46 bits per heavy atom. The summed E-state index contributed by atoms with van der Waals surface area (Å²) in [6, 6.07) is 8.55. The van der Waals surface area contributed by atoms with Gasteiger partial charge >= 0.3 is 0 Å². The highest BCUT2D eigenvalue weighted by Crippen LogP contribution is 2.33. The molecule has 0 unspecified atom stereocenters. The zero-order chi connectivity index (χ0) is 24.5. The molecule has 0 N–H and O–H groups in total. The van der Waals surface area contributed by atoms with Crippen molar-refractivity contribution in [3.63, 3.8) is 0 Å². The Morgan fingerprint density at radius 2 is 1.71 bits per heavy atom. The molecule has 35 heavy (non-hydrogen) atoms. The normalized spacial score (nSPS) is 16.2. The maximum absolute atomic E-state index is 14.4. The van der Waals surface area contributed by atoms with E-state index in [4.69, 9.17) is 9.72 Å². The van der Waals surface area contributed by atoms with Crippen LogP contribution >= 0.6 is 0 Å². The van der Waals surface area contributed by atoms with Crippen LogP contribution in [0.1, 0.15) is 21.6 Å². The summed E-state index contributed by atoms with van der Waals surface area (Å²) >= 11 is 0. The molecule has 1 saturated heterocycles. The molecule has 2 aliphatic rings. The Labute approximate surface area is 200 Å². The molecule has 2 aliphatic heterocycles. The van der Waals surface area contributed by atoms with Crippen LogP contribution in [0.3, 0.4) is 0 Å². The van der Waals surface area contributed by atoms with Gasteiger partial charge in [-0.05, 0) is 37.4 Å². The van der Waals surface area contributed by atoms with Gasteiger partial charge in [-0.1, -0.05) is 6.07 Å². The number of hydrogen-bond acceptors (Lipinski definition) is 6. The fraction of sp³-hybridized carbons (Fsp3) is 0.320. The molecule has 3 aromatic rings. The number of likely N-dealkylation sites (N-methyl/N-ethyl adjacent to an activating group) is 1. The summed E-state index contributed by atoms with van der Waals surface area (Å²) in [5, 5.41) is 0. The smallest absolute Gasteiger partial charge is 0.254 e. The van der Waals surface area contributed by atoms with Gasteiger partial charge in [0.1, 0.15) is 11.6 Å². The standard InChI is InChI=1S/C25H24F3N5O2/c1-31-9-11-32(12-10-31)25-29-21-7-8-33(24(34)16-3-2-4-17(26)13-16)15-19(21)23(30-25)35-22-6-5-18(27)14-20(22)28/h2-6,13-14H,7-12,15H2,1H3. The highest BCUT2D eigenvalue weighted by molar-refractivity contribution is 5.94. The fourth-order valence-electron chi connectivity index (χ4n) is 4.24. The van der Waals surface area contributed by atoms with E-state index in [1.807, 2.05) is 11.9 Å². The maximum Gasteiger partial charge on any atom is 0.254 e. The van der Waals surface area contributed by atoms with Gasteiger partial charge in [0.25, 0.3) is 5.91 Å². The Kier molecular flexibility index (Phi) is 6.29. The molecule has 0 aliphatic carbocycles. The number of carbonyl (C=O) groups is 1. The predicted molar refractivity (Wildman–Crippen MR) is 123 cm³/mol. The number of halogens is 3. The van der Waals surface area contributed by atoms with E-state index in [9.17, 15) is 18.0 Å². The number of amides is 1. The van der Waals surface area contributed by atoms with E-state index in [1.165, 1.54) is 24.3 Å². The van der Waals surface area contributed by atoms with E-state index in [0.29, 0.717) is 30.2 Å². The summed E-state index contributed by atoms with van der Waals surface area (Å²) in [6.45, 7) is 3.64. The molecule has 0 radical (unpaired) electrons. The van der Waals surface area contributed by atoms with Crippen molar-refractivity contribution in [2.45, 2.75) is 13.0 Å². The molecule has 182 valence electrons. The van der Waals surface area contributed by atoms with E-state index >= 15 is 0 Å². The van der Waals surface area contributed by atoms with Crippen molar-refractivity contribution < 1.29 is 22.7 Å². The molecule has 3 heterocycles. The number of carbonyl (C=O) groups excluding carboxylic acids is 1. The Bertz CT molecular complexity index is 1260. The predicted octanol–water partition coefficient (Wildman–Crippen LogP) is 3.64. The maximum atomic E-state index is 14.4. The number of rotatable bonds is 4. The lowest BCUT2D eigenvalue weighted by Gasteiger charge is -2.34. The first-order valence-electron chi connectivity index (χ1n) is 11.4. The van der Waals surface area contributed by atoms with Crippen LogP contribution in [0.5, 0.6) is 11.6 Å². The molecule has 1 aromatic heterocycles. The lowest BCUT2D eigenvalue weighted by molar-refractivity contribution is 0.0731. The lowest BCUT2D eigenvalue weighted by Crippen LogP contribution is -2.45. The van der Waals surface area contributed by atoms with Crippen LogP contribution in [0.15, 0.2) is 42.5 Å². The summed E-state index contributed by atoms with van der Waals surface area (Å²) in [5.74, 6) is -2.00. The Balaban J connectivity index is 1.49. The third-order valence-electron chi connectivity index (χ3n) is 6.26. The highest BCUT2D eigenvalue weighted by atomic mass is 19.1. The van der Waals surface area contributed by atoms with Gasteiger partial charge in [-0.15, -0.1) is 0 Å². The summed E-state index contributed by atoms with van der Waals surface area (Å²) < 4.78 is 47.3. The van der Waals surface area contributed by atoms with E-state index < -0.39 is 17.5 Å². The van der Waals surface area contributed by atoms with Gasteiger partial charge in [-0.2, -0.15) is 4.98 Å². The van der Waals surface area contributed by atoms with Gasteiger partial charge in [0.2, 0.25) is 11.8 Å². The van der Waals surface area contributed by atoms with Gasteiger partial charge in [0.15, 0.2) is 11.6 Å². The molecule has 0 bridgehead atoms. The second-order valence-corrected chi connectivity index (χ2v) is 8.71. The van der Waals surface area contributed by atoms with Gasteiger partial charge in [0.05, 0.1) is 17.8 Å². The van der Waals surface area contributed by atoms with E-state index in [1.54, 1.807) is 11.0 Å². The number of fused-ring (bicyclic) bond motifs is 1. The molecular formula is C25H24F3N5O2. The van der Waals surface area contributed by atoms with Gasteiger partial charge in [-0.25, -0.2) is 18.2 Å². The molecule has 2 aromatic carbocycles. The fourth-order valence-corrected chi connectivity index (χ4v) is 4.24. The van der Waals surface area contributed by atoms with Crippen molar-refractivity contribution in [2.24, 2.45) is 0 Å². The molecular weight excluding hydrogens is 459 g/mol. The average Bonchev–Trinajstić information content (AvgIpc) is 2.85. The van der Waals surface area contributed by atoms with Gasteiger partial charge < -0.3 is 19.4 Å². The van der Waals surface area contributed by atoms with Crippen LogP contribution in [-0.4, -0.2) is 65.4 Å². The van der Waals surface area contributed by atoms with Gasteiger partial charge in [0, 0.05) is 50.8 Å². The number of aromatic nitrogens is 2. The van der Waals surface area contributed by atoms with Crippen LogP contribution in [0.4, 0.5) is 19.1 Å². The van der Waals surface area contributed by atoms with Crippen LogP contribution in [0.25, 0.3) is 0 Å². The minimum Gasteiger partial charge on any atom is -0.435 e. The van der Waals surface area contributed by atoms with Gasteiger partial charge in [-0.3, -0.25) is 4.79 Å². The minimum absolute atomic E-state index is 0.117. The molecule has 1 fully saturated rings. The van der Waals surface area contributed by atoms with Crippen LogP contribution in [0, 0.1) is 17.5 Å². The monoisotopic (exact) mass is 483 g/mol. The first-order chi connectivity index (χ1) is 16.9. The highest BCUT2D eigenvalue weighted by Gasteiger charge is 2.29. The number of benzene rings is 2. The van der Waals surface area contributed by atoms with Crippen LogP contribution in [-0.2, 0) is 13.0 Å². The SMILES string of the molecule is CN1CCN(c2nc3c(c(Oc4ccc(F)cc4F)n2)CN(C(=O)c2cccc(F)c2)CC3)CC1. The first-order valence-corrected chi connectivity index (χ1v) is 11.4. The van der Waals surface area contributed by atoms with Crippen molar-refractivity contribution >= 4 is 11.9 Å². The van der Waals surface area contributed by atoms with Crippen molar-refractivity contribution in [3.8, 4) is 11.6 Å². The molecule has 0 saturated carbocycles. The zero-order valence-electron chi connectivity index (χ0n) is 19.2. The van der Waals surface area contributed by atoms with E-state index in [2.05, 4.69) is 9.88 Å². The number of nitrogens with zero attached hydrogens (tertiary/aromatic N) is 5. The van der Waals surface area contributed by atoms with E-state index in [-0.39, 0.29) is 29.6 Å². The molecule has 1 amide bonds. The summed E-state index contributed by atoms with van der Waals surface area (Å²) in [6.07, 6.45) is 0.432. The summed E-state index contributed by atoms with van der Waals surface area (Å²) in [4.78, 5) is 28.2. The molecule has 0 spiro atoms. The Morgan fingerprint density at radius 1 is 0.943 bits per heavy atom. The van der Waals surface area contributed by atoms with E-state index in [0.717, 1.165) is 38.3 Å². The lowest BCUT2D eigenvalue weighted by atomic mass is 10.0. The first kappa shape index (κ1) is 23.1. The molecule has 0 atom stereocenters. The minimum atomic E-state index is -0.859. The molecule has 7 nitrogen and oxygen atoms in total. The largest absolute Gasteiger partial charge is 0.435 e. The molecule has 5 rings (SSSR count). The van der Waals surface area contributed by atoms with Crippen molar-refractivity contribution in [2.75, 3.05) is 44.7 Å². The van der Waals surface area contributed by atoms with Crippen molar-refractivity contribution in [3.05, 3.63) is 76.7 Å². The quantitative estimate of drug-likeness (QED) is 0.565. The van der Waals surface area contributed by atoms with Crippen molar-refractivity contribution in [1.82, 2.24) is 19.8 Å². The molecule has 10 heteroatoms. The van der Waals surface area contributed by atoms with Crippen LogP contribution in [0.2, 0.25) is 0 Å². The number of hydrogen-bond donors (Lipinski definition) is 0. The Hall–Kier alpha value is -3.66. The second kappa shape index (κ2) is 9.53. The van der Waals surface area contributed by atoms with Crippen LogP contribution < -0.4 is 9.64 Å². The summed E-state index contributed by atoms with van der Waals surface area (Å²) in [5.41, 5.74) is 1.48. The summed E-state index contributed by atoms with van der Waals surface area (Å²) in [7, 11) is 2.04. The second-order valence-electron chi connectivity index (χ2n) is 8.71. The average molecular weight is 483 g/mol. The topological polar surface area (TPSA) is 61.8 Å². The number of anilines is 1. The number of ether oxygens (including phenoxy) is 1. The number of piperazine rings is 1.